The number of nitrogens with zero attached hydrogens (tertiary/aromatic N) is 5. The van der Waals surface area contributed by atoms with E-state index < -0.39 is 5.82 Å². The van der Waals surface area contributed by atoms with Gasteiger partial charge in [0.25, 0.3) is 5.56 Å². The van der Waals surface area contributed by atoms with Crippen molar-refractivity contribution in [2.24, 2.45) is 0 Å². The number of rotatable bonds is 10. The van der Waals surface area contributed by atoms with Gasteiger partial charge in [0.15, 0.2) is 17.4 Å². The molecule has 0 saturated carbocycles. The van der Waals surface area contributed by atoms with Gasteiger partial charge in [-0.15, -0.1) is 5.10 Å². The van der Waals surface area contributed by atoms with Crippen LogP contribution in [0.15, 0.2) is 83.8 Å². The van der Waals surface area contributed by atoms with Crippen molar-refractivity contribution in [3.05, 3.63) is 105 Å². The highest BCUT2D eigenvalue weighted by atomic mass is 32.1. The van der Waals surface area contributed by atoms with E-state index in [1.165, 1.54) is 21.9 Å². The van der Waals surface area contributed by atoms with E-state index in [0.717, 1.165) is 29.8 Å². The molecule has 3 aromatic carbocycles. The van der Waals surface area contributed by atoms with E-state index in [1.54, 1.807) is 22.9 Å². The Morgan fingerprint density at radius 3 is 2.36 bits per heavy atom. The Balaban J connectivity index is 1.39. The van der Waals surface area contributed by atoms with Crippen molar-refractivity contribution in [3.8, 4) is 39.8 Å². The van der Waals surface area contributed by atoms with Crippen LogP contribution in [0.2, 0.25) is 0 Å². The quantitative estimate of drug-likeness (QED) is 0.199. The highest BCUT2D eigenvalue weighted by molar-refractivity contribution is 7.15. The lowest BCUT2D eigenvalue weighted by atomic mass is 10.1. The Hall–Kier alpha value is -4.83. The van der Waals surface area contributed by atoms with Crippen molar-refractivity contribution < 1.29 is 13.9 Å². The highest BCUT2D eigenvalue weighted by Crippen LogP contribution is 2.29. The molecule has 6 rings (SSSR count). The Labute approximate surface area is 245 Å². The minimum Gasteiger partial charge on any atom is -0.494 e. The largest absolute Gasteiger partial charge is 0.494 e. The summed E-state index contributed by atoms with van der Waals surface area (Å²) in [5, 5.41) is 9.24. The number of benzene rings is 3. The second-order valence-corrected chi connectivity index (χ2v) is 10.6. The molecule has 0 aliphatic rings. The van der Waals surface area contributed by atoms with Crippen molar-refractivity contribution in [2.75, 3.05) is 13.2 Å². The third kappa shape index (κ3) is 5.53. The number of para-hydroxylation sites is 1. The third-order valence-electron chi connectivity index (χ3n) is 6.48. The zero-order valence-electron chi connectivity index (χ0n) is 23.2. The van der Waals surface area contributed by atoms with Crippen LogP contribution >= 0.6 is 11.3 Å². The summed E-state index contributed by atoms with van der Waals surface area (Å²) >= 11 is 1.24. The molecule has 0 bridgehead atoms. The number of fused-ring (bicyclic) bond motifs is 1. The second kappa shape index (κ2) is 12.0. The normalized spacial score (nSPS) is 11.8. The molecule has 0 fully saturated rings. The predicted molar refractivity (Wildman–Crippen MR) is 162 cm³/mol. The maximum absolute atomic E-state index is 14.9. The lowest BCUT2D eigenvalue weighted by Crippen LogP contribution is -2.23. The first-order chi connectivity index (χ1) is 20.5. The molecule has 0 radical (unpaired) electrons. The van der Waals surface area contributed by atoms with Crippen LogP contribution in [0.3, 0.4) is 0 Å². The molecule has 0 aliphatic carbocycles. The standard InChI is InChI=1S/C32H28FN5O3S/c1-3-16-40-25-13-10-21(11-14-25)30-34-32-38(36-30)31(39)28(42-32)19-23-20-37(24-8-6-5-7-9-24)35-29(23)22-12-15-27(26(33)18-22)41-17-4-2/h5-15,18-20H,3-4,16-17H2,1-2H3/b28-19-. The average molecular weight is 582 g/mol. The zero-order valence-corrected chi connectivity index (χ0v) is 24.0. The molecule has 0 N–H and O–H groups in total. The molecule has 8 nitrogen and oxygen atoms in total. The van der Waals surface area contributed by atoms with Gasteiger partial charge in [-0.1, -0.05) is 43.4 Å². The number of hydrogen-bond acceptors (Lipinski definition) is 7. The molecular formula is C32H28FN5O3S. The number of ether oxygens (including phenoxy) is 2. The number of hydrogen-bond donors (Lipinski definition) is 0. The van der Waals surface area contributed by atoms with Gasteiger partial charge in [-0.2, -0.15) is 14.6 Å². The van der Waals surface area contributed by atoms with Crippen LogP contribution in [0.1, 0.15) is 32.3 Å². The molecule has 3 heterocycles. The van der Waals surface area contributed by atoms with Crippen LogP contribution in [0, 0.1) is 5.82 Å². The van der Waals surface area contributed by atoms with Gasteiger partial charge in [0.05, 0.1) is 23.4 Å². The second-order valence-electron chi connectivity index (χ2n) is 9.63. The molecular weight excluding hydrogens is 553 g/mol. The molecule has 10 heteroatoms. The summed E-state index contributed by atoms with van der Waals surface area (Å²) in [7, 11) is 0. The fraction of sp³-hybridized carbons (Fsp3) is 0.188. The third-order valence-corrected chi connectivity index (χ3v) is 7.44. The van der Waals surface area contributed by atoms with Crippen molar-refractivity contribution in [1.29, 1.82) is 0 Å². The Kier molecular flexibility index (Phi) is 7.78. The van der Waals surface area contributed by atoms with Gasteiger partial charge in [0.2, 0.25) is 4.96 Å². The first-order valence-corrected chi connectivity index (χ1v) is 14.6. The van der Waals surface area contributed by atoms with Crippen molar-refractivity contribution >= 4 is 22.4 Å². The first kappa shape index (κ1) is 27.3. The van der Waals surface area contributed by atoms with E-state index in [0.29, 0.717) is 45.4 Å². The van der Waals surface area contributed by atoms with Gasteiger partial charge in [0, 0.05) is 22.9 Å². The Morgan fingerprint density at radius 1 is 0.905 bits per heavy atom. The topological polar surface area (TPSA) is 83.5 Å². The minimum absolute atomic E-state index is 0.194. The van der Waals surface area contributed by atoms with Crippen LogP contribution in [0.5, 0.6) is 11.5 Å². The molecule has 0 amide bonds. The molecule has 0 atom stereocenters. The SMILES string of the molecule is CCCOc1ccc(-c2nc3s/c(=C\c4cn(-c5ccccc5)nc4-c4ccc(OCCC)c(F)c4)c(=O)n3n2)cc1. The van der Waals surface area contributed by atoms with Gasteiger partial charge < -0.3 is 9.47 Å². The summed E-state index contributed by atoms with van der Waals surface area (Å²) in [5.41, 5.74) is 3.10. The monoisotopic (exact) mass is 581 g/mol. The average Bonchev–Trinajstić information content (AvgIpc) is 3.71. The summed E-state index contributed by atoms with van der Waals surface area (Å²) in [4.78, 5) is 18.5. The van der Waals surface area contributed by atoms with E-state index in [4.69, 9.17) is 14.6 Å². The van der Waals surface area contributed by atoms with Gasteiger partial charge in [-0.05, 0) is 73.5 Å². The van der Waals surface area contributed by atoms with Crippen LogP contribution in [-0.4, -0.2) is 37.6 Å². The molecule has 0 spiro atoms. The van der Waals surface area contributed by atoms with Gasteiger partial charge in [0.1, 0.15) is 11.4 Å². The summed E-state index contributed by atoms with van der Waals surface area (Å²) in [6.45, 7) is 5.10. The highest BCUT2D eigenvalue weighted by Gasteiger charge is 2.16. The Bertz CT molecular complexity index is 1950. The van der Waals surface area contributed by atoms with Crippen molar-refractivity contribution in [2.45, 2.75) is 26.7 Å². The number of aromatic nitrogens is 5. The molecule has 3 aromatic heterocycles. The van der Waals surface area contributed by atoms with E-state index in [-0.39, 0.29) is 11.3 Å². The van der Waals surface area contributed by atoms with E-state index in [2.05, 4.69) is 17.0 Å². The van der Waals surface area contributed by atoms with Crippen LogP contribution in [-0.2, 0) is 0 Å². The fourth-order valence-corrected chi connectivity index (χ4v) is 5.32. The van der Waals surface area contributed by atoms with Crippen LogP contribution in [0.4, 0.5) is 4.39 Å². The number of halogens is 1. The lowest BCUT2D eigenvalue weighted by molar-refractivity contribution is 0.301. The predicted octanol–water partition coefficient (Wildman–Crippen LogP) is 5.94. The van der Waals surface area contributed by atoms with Crippen molar-refractivity contribution in [3.63, 3.8) is 0 Å². The van der Waals surface area contributed by atoms with Gasteiger partial charge in [-0.3, -0.25) is 4.79 Å². The van der Waals surface area contributed by atoms with E-state index in [1.807, 2.05) is 67.7 Å². The summed E-state index contributed by atoms with van der Waals surface area (Å²) in [6.07, 6.45) is 5.29. The van der Waals surface area contributed by atoms with E-state index >= 15 is 0 Å². The molecule has 0 saturated heterocycles. The maximum Gasteiger partial charge on any atom is 0.291 e. The van der Waals surface area contributed by atoms with Crippen LogP contribution in [0.25, 0.3) is 39.4 Å². The molecule has 0 unspecified atom stereocenters. The van der Waals surface area contributed by atoms with E-state index in [9.17, 15) is 9.18 Å². The lowest BCUT2D eigenvalue weighted by Gasteiger charge is -2.07. The van der Waals surface area contributed by atoms with Gasteiger partial charge in [-0.25, -0.2) is 9.07 Å². The fourth-order valence-electron chi connectivity index (χ4n) is 4.42. The first-order valence-electron chi connectivity index (χ1n) is 13.8. The molecule has 42 heavy (non-hydrogen) atoms. The summed E-state index contributed by atoms with van der Waals surface area (Å²) in [5.74, 6) is 0.963. The van der Waals surface area contributed by atoms with Crippen LogP contribution < -0.4 is 19.6 Å². The Morgan fingerprint density at radius 2 is 1.64 bits per heavy atom. The molecule has 0 aliphatic heterocycles. The van der Waals surface area contributed by atoms with Crippen molar-refractivity contribution in [1.82, 2.24) is 24.4 Å². The smallest absolute Gasteiger partial charge is 0.291 e. The van der Waals surface area contributed by atoms with Gasteiger partial charge >= 0.3 is 0 Å². The summed E-state index contributed by atoms with van der Waals surface area (Å²) < 4.78 is 29.5. The molecule has 212 valence electrons. The minimum atomic E-state index is -0.470. The molecule has 6 aromatic rings. The zero-order chi connectivity index (χ0) is 29.1. The maximum atomic E-state index is 14.9. The summed E-state index contributed by atoms with van der Waals surface area (Å²) in [6, 6.07) is 21.9. The number of thiazole rings is 1.